The zero-order valence-corrected chi connectivity index (χ0v) is 6.09. The monoisotopic (exact) mass is 261 g/mol. The second-order valence-electron chi connectivity index (χ2n) is 0.338. The minimum Gasteiger partial charge on any atom is -0.487 e. The predicted octanol–water partition coefficient (Wildman–Crippen LogP) is -0.214. The molecule has 0 heterocycles. The van der Waals surface area contributed by atoms with E-state index < -0.39 is 5.17 Å². The first kappa shape index (κ1) is 9.03. The summed E-state index contributed by atoms with van der Waals surface area (Å²) in [5.74, 6) is 0. The molecule has 0 bridgehead atoms. The molecule has 3 N–H and O–H groups in total. The third-order valence-electron chi connectivity index (χ3n) is 0. The summed E-state index contributed by atoms with van der Waals surface area (Å²) in [4.78, 5) is 0. The van der Waals surface area contributed by atoms with E-state index in [0.717, 1.165) is 0 Å². The van der Waals surface area contributed by atoms with Crippen LogP contribution in [0.25, 0.3) is 0 Å². The van der Waals surface area contributed by atoms with Crippen LogP contribution in [0.15, 0.2) is 0 Å². The van der Waals surface area contributed by atoms with Gasteiger partial charge in [-0.15, -0.1) is 0 Å². The first-order chi connectivity index (χ1) is 1.73. The van der Waals surface area contributed by atoms with Gasteiger partial charge in [0.2, 0.25) is 0 Å². The van der Waals surface area contributed by atoms with Crippen molar-refractivity contribution in [3.05, 3.63) is 0 Å². The minimum absolute atomic E-state index is 0. The van der Waals surface area contributed by atoms with Gasteiger partial charge in [-0.1, -0.05) is 0 Å². The standard InChI is InChI=1S/CH3NOS.W/c2-1(3)4;/h(H3,2,3,4);. The molecule has 0 radical (unpaired) electrons. The van der Waals surface area contributed by atoms with Crippen molar-refractivity contribution in [3.63, 3.8) is 0 Å². The van der Waals surface area contributed by atoms with Gasteiger partial charge in [-0.25, -0.2) is 0 Å². The fourth-order valence-electron chi connectivity index (χ4n) is 0. The van der Waals surface area contributed by atoms with Gasteiger partial charge >= 0.3 is 0 Å². The van der Waals surface area contributed by atoms with Crippen molar-refractivity contribution >= 4 is 17.4 Å². The fourth-order valence-corrected chi connectivity index (χ4v) is 0. The van der Waals surface area contributed by atoms with Crippen LogP contribution in [0.5, 0.6) is 0 Å². The van der Waals surface area contributed by atoms with Crippen LogP contribution in [0.4, 0.5) is 0 Å². The maximum atomic E-state index is 7.56. The number of hydrogen-bond acceptors (Lipinski definition) is 1. The molecular weight excluding hydrogens is 258 g/mol. The van der Waals surface area contributed by atoms with Crippen LogP contribution < -0.4 is 5.73 Å². The summed E-state index contributed by atoms with van der Waals surface area (Å²) in [6.45, 7) is 0. The molecule has 0 aliphatic carbocycles. The third-order valence-corrected chi connectivity index (χ3v) is 0. The van der Waals surface area contributed by atoms with Crippen molar-refractivity contribution in [1.82, 2.24) is 0 Å². The first-order valence-corrected chi connectivity index (χ1v) is 1.12. The first-order valence-electron chi connectivity index (χ1n) is 0.716. The van der Waals surface area contributed by atoms with Gasteiger partial charge in [0.15, 0.2) is 0 Å². The van der Waals surface area contributed by atoms with E-state index in [-0.39, 0.29) is 21.1 Å². The average molecular weight is 261 g/mol. The summed E-state index contributed by atoms with van der Waals surface area (Å²) in [6.07, 6.45) is 0. The van der Waals surface area contributed by atoms with Crippen molar-refractivity contribution in [2.45, 2.75) is 0 Å². The Kier molecular flexibility index (Phi) is 7.91. The molecule has 2 nitrogen and oxygen atoms in total. The number of thiocarbonyl (C=S) groups is 1. The van der Waals surface area contributed by atoms with E-state index in [2.05, 4.69) is 18.0 Å². The summed E-state index contributed by atoms with van der Waals surface area (Å²) < 4.78 is 0. The van der Waals surface area contributed by atoms with Gasteiger partial charge in [-0.3, -0.25) is 0 Å². The molecule has 30 valence electrons. The molecule has 0 aliphatic rings. The van der Waals surface area contributed by atoms with Crippen LogP contribution in [-0.4, -0.2) is 10.3 Å². The molecule has 0 aromatic rings. The van der Waals surface area contributed by atoms with Crippen LogP contribution in [0.3, 0.4) is 0 Å². The predicted molar refractivity (Wildman–Crippen MR) is 19.4 cm³/mol. The van der Waals surface area contributed by atoms with E-state index in [0.29, 0.717) is 0 Å². The van der Waals surface area contributed by atoms with E-state index in [4.69, 9.17) is 5.11 Å². The van der Waals surface area contributed by atoms with Gasteiger partial charge in [0.25, 0.3) is 5.17 Å². The van der Waals surface area contributed by atoms with Crippen LogP contribution >= 0.6 is 12.2 Å². The Balaban J connectivity index is 0. The molecule has 5 heavy (non-hydrogen) atoms. The van der Waals surface area contributed by atoms with Crippen molar-refractivity contribution in [1.29, 1.82) is 0 Å². The maximum Gasteiger partial charge on any atom is 0.251 e. The molecule has 0 aliphatic heterocycles. The van der Waals surface area contributed by atoms with Gasteiger partial charge < -0.3 is 10.8 Å². The number of aliphatic hydroxyl groups is 1. The second kappa shape index (κ2) is 4.38. The smallest absolute Gasteiger partial charge is 0.251 e. The second-order valence-corrected chi connectivity index (χ2v) is 0.757. The van der Waals surface area contributed by atoms with Crippen LogP contribution in [0.2, 0.25) is 0 Å². The molecule has 4 heteroatoms. The molecule has 0 saturated carbocycles. The minimum atomic E-state index is -0.500. The molecule has 0 aromatic carbocycles. The van der Waals surface area contributed by atoms with Crippen molar-refractivity contribution < 1.29 is 26.2 Å². The van der Waals surface area contributed by atoms with Gasteiger partial charge in [0.1, 0.15) is 0 Å². The van der Waals surface area contributed by atoms with Gasteiger partial charge in [-0.05, 0) is 12.2 Å². The average Bonchev–Trinajstić information content (AvgIpc) is 0.811. The van der Waals surface area contributed by atoms with Gasteiger partial charge in [-0.2, -0.15) is 0 Å². The topological polar surface area (TPSA) is 46.2 Å². The van der Waals surface area contributed by atoms with E-state index in [9.17, 15) is 0 Å². The van der Waals surface area contributed by atoms with Crippen molar-refractivity contribution in [2.24, 2.45) is 5.73 Å². The molecule has 0 atom stereocenters. The Bertz CT molecular complexity index is 34.6. The van der Waals surface area contributed by atoms with Crippen LogP contribution in [0, 0.1) is 0 Å². The zero-order chi connectivity index (χ0) is 3.58. The third kappa shape index (κ3) is 173. The Hall–Kier alpha value is 0.378. The summed E-state index contributed by atoms with van der Waals surface area (Å²) in [6, 6.07) is 0. The number of aliphatic hydroxyl groups excluding tert-OH is 1. The number of rotatable bonds is 0. The molecule has 0 unspecified atom stereocenters. The Morgan fingerprint density at radius 2 is 1.80 bits per heavy atom. The summed E-state index contributed by atoms with van der Waals surface area (Å²) in [5, 5.41) is 7.06. The largest absolute Gasteiger partial charge is 0.487 e. The molecule has 0 fully saturated rings. The molecule has 0 spiro atoms. The summed E-state index contributed by atoms with van der Waals surface area (Å²) in [5.41, 5.74) is 4.40. The normalized spacial score (nSPS) is 4.80. The summed E-state index contributed by atoms with van der Waals surface area (Å²) >= 11 is 3.87. The molecule has 0 rings (SSSR count). The van der Waals surface area contributed by atoms with Gasteiger partial charge in [0, 0.05) is 21.1 Å². The van der Waals surface area contributed by atoms with E-state index in [1.165, 1.54) is 0 Å². The number of nitrogens with two attached hydrogens (primary N) is 1. The number of hydrogen-bond donors (Lipinski definition) is 2. The SMILES string of the molecule is NC(O)=S.[W]. The van der Waals surface area contributed by atoms with Crippen molar-refractivity contribution in [3.8, 4) is 0 Å². The quantitative estimate of drug-likeness (QED) is 0.593. The zero-order valence-electron chi connectivity index (χ0n) is 2.34. The van der Waals surface area contributed by atoms with Gasteiger partial charge in [0.05, 0.1) is 0 Å². The van der Waals surface area contributed by atoms with Crippen LogP contribution in [0.1, 0.15) is 0 Å². The fraction of sp³-hybridized carbons (Fsp3) is 0. The Morgan fingerprint density at radius 1 is 1.80 bits per heavy atom. The maximum absolute atomic E-state index is 7.56. The van der Waals surface area contributed by atoms with Crippen molar-refractivity contribution in [2.75, 3.05) is 0 Å². The molecule has 0 aromatic heterocycles. The molecule has 0 saturated heterocycles. The molecule has 0 amide bonds. The van der Waals surface area contributed by atoms with E-state index in [1.807, 2.05) is 0 Å². The van der Waals surface area contributed by atoms with Crippen LogP contribution in [-0.2, 0) is 21.1 Å². The summed E-state index contributed by atoms with van der Waals surface area (Å²) in [7, 11) is 0. The van der Waals surface area contributed by atoms with E-state index in [1.54, 1.807) is 0 Å². The van der Waals surface area contributed by atoms with E-state index >= 15 is 0 Å². The molecular formula is CH3NOSW. The Morgan fingerprint density at radius 3 is 1.80 bits per heavy atom. The Labute approximate surface area is 49.6 Å².